The molecule has 0 saturated heterocycles. The second-order valence-corrected chi connectivity index (χ2v) is 4.57. The zero-order valence-corrected chi connectivity index (χ0v) is 9.85. The summed E-state index contributed by atoms with van der Waals surface area (Å²) in [4.78, 5) is 10.7. The third-order valence-electron chi connectivity index (χ3n) is 3.37. The Labute approximate surface area is 104 Å². The molecule has 1 aliphatic carbocycles. The molecule has 2 aromatic rings. The van der Waals surface area contributed by atoms with Crippen molar-refractivity contribution in [2.24, 2.45) is 0 Å². The number of hydrogen-bond acceptors (Lipinski definition) is 3. The van der Waals surface area contributed by atoms with Gasteiger partial charge < -0.3 is 9.63 Å². The van der Waals surface area contributed by atoms with Crippen molar-refractivity contribution in [2.45, 2.75) is 25.7 Å². The van der Waals surface area contributed by atoms with Gasteiger partial charge in [0.1, 0.15) is 5.69 Å². The third kappa shape index (κ3) is 1.90. The van der Waals surface area contributed by atoms with Crippen molar-refractivity contribution in [2.75, 3.05) is 0 Å². The molecule has 0 aliphatic heterocycles. The van der Waals surface area contributed by atoms with Gasteiger partial charge in [-0.05, 0) is 42.9 Å². The lowest BCUT2D eigenvalue weighted by atomic mass is 9.90. The van der Waals surface area contributed by atoms with Crippen LogP contribution in [0.1, 0.15) is 34.5 Å². The molecule has 0 bridgehead atoms. The molecule has 0 atom stereocenters. The average molecular weight is 243 g/mol. The van der Waals surface area contributed by atoms with Gasteiger partial charge in [-0.1, -0.05) is 17.3 Å². The fourth-order valence-corrected chi connectivity index (χ4v) is 2.40. The molecule has 1 aromatic heterocycles. The number of carboxylic acid groups (broad SMARTS) is 1. The van der Waals surface area contributed by atoms with Crippen LogP contribution in [0.15, 0.2) is 28.8 Å². The number of fused-ring (bicyclic) bond motifs is 1. The van der Waals surface area contributed by atoms with Gasteiger partial charge in [0.15, 0.2) is 0 Å². The molecule has 1 heterocycles. The van der Waals surface area contributed by atoms with Crippen LogP contribution in [0, 0.1) is 0 Å². The van der Waals surface area contributed by atoms with Gasteiger partial charge in [-0.25, -0.2) is 4.79 Å². The van der Waals surface area contributed by atoms with Crippen molar-refractivity contribution < 1.29 is 14.4 Å². The summed E-state index contributed by atoms with van der Waals surface area (Å²) in [6, 6.07) is 7.65. The van der Waals surface area contributed by atoms with Crippen molar-refractivity contribution in [1.82, 2.24) is 5.16 Å². The number of benzene rings is 1. The van der Waals surface area contributed by atoms with Crippen LogP contribution in [-0.2, 0) is 12.8 Å². The molecule has 0 saturated carbocycles. The maximum atomic E-state index is 10.7. The summed E-state index contributed by atoms with van der Waals surface area (Å²) >= 11 is 0. The monoisotopic (exact) mass is 243 g/mol. The Bertz CT molecular complexity index is 601. The van der Waals surface area contributed by atoms with Crippen LogP contribution in [0.2, 0.25) is 0 Å². The number of hydrogen-bond donors (Lipinski definition) is 1. The molecule has 0 unspecified atom stereocenters. The highest BCUT2D eigenvalue weighted by molar-refractivity contribution is 5.85. The summed E-state index contributed by atoms with van der Waals surface area (Å²) in [6.07, 6.45) is 4.69. The lowest BCUT2D eigenvalue weighted by molar-refractivity contribution is 0.0652. The van der Waals surface area contributed by atoms with Crippen LogP contribution in [0.3, 0.4) is 0 Å². The van der Waals surface area contributed by atoms with E-state index in [9.17, 15) is 4.79 Å². The Morgan fingerprint density at radius 3 is 2.67 bits per heavy atom. The minimum atomic E-state index is -1.09. The SMILES string of the molecule is O=C(O)c1cc(-c2ccc3c(c2)CCCC3)no1. The summed E-state index contributed by atoms with van der Waals surface area (Å²) in [5.41, 5.74) is 4.25. The number of carbonyl (C=O) groups is 1. The van der Waals surface area contributed by atoms with Crippen LogP contribution in [-0.4, -0.2) is 16.2 Å². The molecular weight excluding hydrogens is 230 g/mol. The van der Waals surface area contributed by atoms with Crippen LogP contribution in [0.5, 0.6) is 0 Å². The summed E-state index contributed by atoms with van der Waals surface area (Å²) in [5.74, 6) is -1.21. The average Bonchev–Trinajstić information content (AvgIpc) is 2.88. The predicted molar refractivity (Wildman–Crippen MR) is 65.5 cm³/mol. The second-order valence-electron chi connectivity index (χ2n) is 4.57. The number of nitrogens with zero attached hydrogens (tertiary/aromatic N) is 1. The number of rotatable bonds is 2. The largest absolute Gasteiger partial charge is 0.475 e. The maximum absolute atomic E-state index is 10.7. The van der Waals surface area contributed by atoms with Crippen molar-refractivity contribution in [3.05, 3.63) is 41.2 Å². The minimum Gasteiger partial charge on any atom is -0.475 e. The second kappa shape index (κ2) is 4.29. The molecule has 3 rings (SSSR count). The first-order chi connectivity index (χ1) is 8.74. The van der Waals surface area contributed by atoms with E-state index in [2.05, 4.69) is 17.3 Å². The van der Waals surface area contributed by atoms with Gasteiger partial charge in [-0.2, -0.15) is 0 Å². The van der Waals surface area contributed by atoms with E-state index < -0.39 is 5.97 Å². The van der Waals surface area contributed by atoms with Crippen molar-refractivity contribution in [3.63, 3.8) is 0 Å². The summed E-state index contributed by atoms with van der Waals surface area (Å²) in [5, 5.41) is 12.6. The van der Waals surface area contributed by atoms with Crippen molar-refractivity contribution >= 4 is 5.97 Å². The van der Waals surface area contributed by atoms with E-state index >= 15 is 0 Å². The zero-order chi connectivity index (χ0) is 12.5. The molecule has 1 aromatic carbocycles. The van der Waals surface area contributed by atoms with E-state index in [1.54, 1.807) is 0 Å². The molecule has 1 N–H and O–H groups in total. The smallest absolute Gasteiger partial charge is 0.374 e. The Balaban J connectivity index is 1.98. The minimum absolute atomic E-state index is 0.122. The Hall–Kier alpha value is -2.10. The first-order valence-corrected chi connectivity index (χ1v) is 6.06. The van der Waals surface area contributed by atoms with Gasteiger partial charge in [-0.15, -0.1) is 0 Å². The first-order valence-electron chi connectivity index (χ1n) is 6.06. The van der Waals surface area contributed by atoms with Crippen LogP contribution in [0.4, 0.5) is 0 Å². The standard InChI is InChI=1S/C14H13NO3/c16-14(17)13-8-12(15-18-13)11-6-5-9-3-1-2-4-10(9)7-11/h5-8H,1-4H2,(H,16,17). The van der Waals surface area contributed by atoms with Crippen LogP contribution >= 0.6 is 0 Å². The maximum Gasteiger partial charge on any atom is 0.374 e. The molecule has 1 aliphatic rings. The Morgan fingerprint density at radius 1 is 1.17 bits per heavy atom. The van der Waals surface area contributed by atoms with Crippen LogP contribution < -0.4 is 0 Å². The number of aromatic carboxylic acids is 1. The van der Waals surface area contributed by atoms with Crippen molar-refractivity contribution in [3.8, 4) is 11.3 Å². The van der Waals surface area contributed by atoms with Gasteiger partial charge in [0.25, 0.3) is 0 Å². The molecule has 92 valence electrons. The number of aryl methyl sites for hydroxylation is 2. The van der Waals surface area contributed by atoms with E-state index in [0.29, 0.717) is 5.69 Å². The molecule has 0 amide bonds. The molecular formula is C14H13NO3. The van der Waals surface area contributed by atoms with Gasteiger partial charge >= 0.3 is 5.97 Å². The van der Waals surface area contributed by atoms with E-state index in [1.807, 2.05) is 6.07 Å². The van der Waals surface area contributed by atoms with E-state index in [4.69, 9.17) is 9.63 Å². The highest BCUT2D eigenvalue weighted by atomic mass is 16.5. The molecule has 4 heteroatoms. The topological polar surface area (TPSA) is 63.3 Å². The highest BCUT2D eigenvalue weighted by Gasteiger charge is 2.14. The first kappa shape index (κ1) is 11.0. The van der Waals surface area contributed by atoms with Gasteiger partial charge in [0.2, 0.25) is 5.76 Å². The normalized spacial score (nSPS) is 14.2. The number of carboxylic acids is 1. The van der Waals surface area contributed by atoms with Gasteiger partial charge in [0.05, 0.1) is 0 Å². The lowest BCUT2D eigenvalue weighted by Gasteiger charge is -2.15. The summed E-state index contributed by atoms with van der Waals surface area (Å²) in [6.45, 7) is 0. The summed E-state index contributed by atoms with van der Waals surface area (Å²) < 4.78 is 4.78. The fourth-order valence-electron chi connectivity index (χ4n) is 2.40. The summed E-state index contributed by atoms with van der Waals surface area (Å²) in [7, 11) is 0. The van der Waals surface area contributed by atoms with E-state index in [1.165, 1.54) is 30.0 Å². The lowest BCUT2D eigenvalue weighted by Crippen LogP contribution is -2.02. The zero-order valence-electron chi connectivity index (χ0n) is 9.85. The van der Waals surface area contributed by atoms with Crippen molar-refractivity contribution in [1.29, 1.82) is 0 Å². The van der Waals surface area contributed by atoms with E-state index in [0.717, 1.165) is 18.4 Å². The molecule has 18 heavy (non-hydrogen) atoms. The van der Waals surface area contributed by atoms with Crippen LogP contribution in [0.25, 0.3) is 11.3 Å². The highest BCUT2D eigenvalue weighted by Crippen LogP contribution is 2.27. The van der Waals surface area contributed by atoms with E-state index in [-0.39, 0.29) is 5.76 Å². The molecule has 0 radical (unpaired) electrons. The Kier molecular flexibility index (Phi) is 2.63. The Morgan fingerprint density at radius 2 is 1.94 bits per heavy atom. The quantitative estimate of drug-likeness (QED) is 0.880. The molecule has 4 nitrogen and oxygen atoms in total. The molecule has 0 spiro atoms. The number of aromatic nitrogens is 1. The fraction of sp³-hybridized carbons (Fsp3) is 0.286. The third-order valence-corrected chi connectivity index (χ3v) is 3.37. The molecule has 0 fully saturated rings. The predicted octanol–water partition coefficient (Wildman–Crippen LogP) is 2.92. The van der Waals surface area contributed by atoms with Gasteiger partial charge in [0, 0.05) is 11.6 Å². The van der Waals surface area contributed by atoms with Gasteiger partial charge in [-0.3, -0.25) is 0 Å².